The first kappa shape index (κ1) is 16.3. The number of hydrogen-bond donors (Lipinski definition) is 1. The third kappa shape index (κ3) is 3.21. The van der Waals surface area contributed by atoms with Crippen LogP contribution in [-0.2, 0) is 0 Å². The smallest absolute Gasteiger partial charge is 0.293 e. The van der Waals surface area contributed by atoms with Crippen molar-refractivity contribution in [1.82, 2.24) is 0 Å². The Hall–Kier alpha value is -2.53. The molecule has 2 aromatic carbocycles. The summed E-state index contributed by atoms with van der Waals surface area (Å²) in [4.78, 5) is 14.4. The molecular formula is C19H17BrN2O2. The Morgan fingerprint density at radius 2 is 1.88 bits per heavy atom. The van der Waals surface area contributed by atoms with Gasteiger partial charge in [-0.15, -0.1) is 0 Å². The predicted octanol–water partition coefficient (Wildman–Crippen LogP) is 4.96. The number of para-hydroxylation sites is 1. The second-order valence-corrected chi connectivity index (χ2v) is 6.20. The quantitative estimate of drug-likeness (QED) is 0.646. The summed E-state index contributed by atoms with van der Waals surface area (Å²) >= 11 is 3.38. The maximum atomic E-state index is 12.8. The van der Waals surface area contributed by atoms with Crippen LogP contribution in [0.2, 0.25) is 0 Å². The van der Waals surface area contributed by atoms with Crippen molar-refractivity contribution in [2.45, 2.75) is 6.92 Å². The molecule has 0 fully saturated rings. The molecule has 1 aromatic heterocycles. The van der Waals surface area contributed by atoms with Crippen molar-refractivity contribution < 1.29 is 9.21 Å². The van der Waals surface area contributed by atoms with E-state index in [9.17, 15) is 4.79 Å². The molecule has 3 aromatic rings. The number of nitrogens with two attached hydrogens (primary N) is 1. The van der Waals surface area contributed by atoms with E-state index in [2.05, 4.69) is 15.9 Å². The summed E-state index contributed by atoms with van der Waals surface area (Å²) in [6.45, 7) is 2.49. The molecule has 4 nitrogen and oxygen atoms in total. The highest BCUT2D eigenvalue weighted by Gasteiger charge is 2.20. The van der Waals surface area contributed by atoms with Gasteiger partial charge in [0.15, 0.2) is 5.76 Å². The van der Waals surface area contributed by atoms with E-state index in [1.54, 1.807) is 17.0 Å². The standard InChI is InChI=1S/C19H17BrN2O2/c1-2-22(14-6-4-3-5-7-14)19(23)18-11-10-17(24-18)15-9-8-13(20)12-16(15)21/h3-12H,2,21H2,1H3. The lowest BCUT2D eigenvalue weighted by Gasteiger charge is -2.19. The van der Waals surface area contributed by atoms with Crippen LogP contribution in [0.5, 0.6) is 0 Å². The maximum Gasteiger partial charge on any atom is 0.293 e. The average Bonchev–Trinajstić information content (AvgIpc) is 3.06. The molecule has 24 heavy (non-hydrogen) atoms. The third-order valence-corrected chi connectivity index (χ3v) is 4.22. The Balaban J connectivity index is 1.91. The van der Waals surface area contributed by atoms with Crippen LogP contribution in [0.1, 0.15) is 17.5 Å². The molecule has 0 aliphatic carbocycles. The van der Waals surface area contributed by atoms with Crippen LogP contribution in [-0.4, -0.2) is 12.5 Å². The largest absolute Gasteiger partial charge is 0.451 e. The molecule has 122 valence electrons. The number of hydrogen-bond acceptors (Lipinski definition) is 3. The summed E-state index contributed by atoms with van der Waals surface area (Å²) < 4.78 is 6.67. The molecule has 0 aliphatic heterocycles. The third-order valence-electron chi connectivity index (χ3n) is 3.73. The zero-order valence-electron chi connectivity index (χ0n) is 13.2. The lowest BCUT2D eigenvalue weighted by Crippen LogP contribution is -2.30. The number of benzene rings is 2. The van der Waals surface area contributed by atoms with Crippen molar-refractivity contribution in [2.75, 3.05) is 17.2 Å². The van der Waals surface area contributed by atoms with Crippen molar-refractivity contribution in [1.29, 1.82) is 0 Å². The average molecular weight is 385 g/mol. The summed E-state index contributed by atoms with van der Waals surface area (Å²) in [7, 11) is 0. The van der Waals surface area contributed by atoms with Crippen molar-refractivity contribution in [3.05, 3.63) is 70.9 Å². The molecule has 0 spiro atoms. The van der Waals surface area contributed by atoms with Gasteiger partial charge in [-0.3, -0.25) is 4.79 Å². The number of amides is 1. The number of carbonyl (C=O) groups excluding carboxylic acids is 1. The van der Waals surface area contributed by atoms with E-state index in [0.717, 1.165) is 15.7 Å². The minimum atomic E-state index is -0.175. The Kier molecular flexibility index (Phi) is 4.71. The van der Waals surface area contributed by atoms with E-state index in [4.69, 9.17) is 10.2 Å². The van der Waals surface area contributed by atoms with Gasteiger partial charge in [-0.05, 0) is 49.4 Å². The molecule has 5 heteroatoms. The van der Waals surface area contributed by atoms with E-state index < -0.39 is 0 Å². The summed E-state index contributed by atoms with van der Waals surface area (Å²) in [5, 5.41) is 0. The van der Waals surface area contributed by atoms with E-state index in [1.807, 2.05) is 55.5 Å². The van der Waals surface area contributed by atoms with E-state index in [0.29, 0.717) is 18.0 Å². The fourth-order valence-corrected chi connectivity index (χ4v) is 2.92. The van der Waals surface area contributed by atoms with E-state index >= 15 is 0 Å². The van der Waals surface area contributed by atoms with Crippen LogP contribution in [0, 0.1) is 0 Å². The molecule has 3 rings (SSSR count). The Morgan fingerprint density at radius 3 is 2.54 bits per heavy atom. The van der Waals surface area contributed by atoms with Crippen molar-refractivity contribution in [3.8, 4) is 11.3 Å². The highest BCUT2D eigenvalue weighted by Crippen LogP contribution is 2.30. The van der Waals surface area contributed by atoms with Crippen molar-refractivity contribution in [2.24, 2.45) is 0 Å². The first-order chi connectivity index (χ1) is 11.6. The first-order valence-corrected chi connectivity index (χ1v) is 8.41. The van der Waals surface area contributed by atoms with Gasteiger partial charge in [-0.2, -0.15) is 0 Å². The molecule has 2 N–H and O–H groups in total. The van der Waals surface area contributed by atoms with Gasteiger partial charge in [0.25, 0.3) is 5.91 Å². The van der Waals surface area contributed by atoms with Crippen LogP contribution in [0.4, 0.5) is 11.4 Å². The molecule has 1 amide bonds. The number of nitrogen functional groups attached to an aromatic ring is 1. The summed E-state index contributed by atoms with van der Waals surface area (Å²) in [5.74, 6) is 0.691. The van der Waals surface area contributed by atoms with Gasteiger partial charge in [-0.25, -0.2) is 0 Å². The molecular weight excluding hydrogens is 368 g/mol. The maximum absolute atomic E-state index is 12.8. The van der Waals surface area contributed by atoms with Gasteiger partial charge < -0.3 is 15.1 Å². The number of nitrogens with zero attached hydrogens (tertiary/aromatic N) is 1. The lowest BCUT2D eigenvalue weighted by molar-refractivity contribution is 0.0962. The SMILES string of the molecule is CCN(C(=O)c1ccc(-c2ccc(Br)cc2N)o1)c1ccccc1. The van der Waals surface area contributed by atoms with Crippen molar-refractivity contribution >= 4 is 33.2 Å². The first-order valence-electron chi connectivity index (χ1n) is 7.62. The van der Waals surface area contributed by atoms with Crippen LogP contribution >= 0.6 is 15.9 Å². The predicted molar refractivity (Wildman–Crippen MR) is 100 cm³/mol. The minimum absolute atomic E-state index is 0.175. The van der Waals surface area contributed by atoms with Crippen LogP contribution in [0.3, 0.4) is 0 Å². The number of halogens is 1. The van der Waals surface area contributed by atoms with Gasteiger partial charge in [0, 0.05) is 28.0 Å². The number of carbonyl (C=O) groups is 1. The Labute approximate surface area is 149 Å². The van der Waals surface area contributed by atoms with E-state index in [-0.39, 0.29) is 11.7 Å². The number of anilines is 2. The molecule has 0 aliphatic rings. The highest BCUT2D eigenvalue weighted by molar-refractivity contribution is 9.10. The summed E-state index contributed by atoms with van der Waals surface area (Å²) in [6, 6.07) is 18.5. The van der Waals surface area contributed by atoms with Gasteiger partial charge in [-0.1, -0.05) is 34.1 Å². The summed E-state index contributed by atoms with van der Waals surface area (Å²) in [5.41, 5.74) is 8.22. The fourth-order valence-electron chi connectivity index (χ4n) is 2.54. The molecule has 0 saturated carbocycles. The zero-order valence-corrected chi connectivity index (χ0v) is 14.8. The van der Waals surface area contributed by atoms with Crippen LogP contribution in [0.25, 0.3) is 11.3 Å². The molecule has 0 bridgehead atoms. The van der Waals surface area contributed by atoms with Crippen molar-refractivity contribution in [3.63, 3.8) is 0 Å². The Bertz CT molecular complexity index is 859. The minimum Gasteiger partial charge on any atom is -0.451 e. The molecule has 0 saturated heterocycles. The summed E-state index contributed by atoms with van der Waals surface area (Å²) in [6.07, 6.45) is 0. The number of rotatable bonds is 4. The van der Waals surface area contributed by atoms with Gasteiger partial charge >= 0.3 is 0 Å². The Morgan fingerprint density at radius 1 is 1.12 bits per heavy atom. The molecule has 0 unspecified atom stereocenters. The lowest BCUT2D eigenvalue weighted by atomic mass is 10.1. The molecule has 0 radical (unpaired) electrons. The number of furan rings is 1. The molecule has 0 atom stereocenters. The van der Waals surface area contributed by atoms with E-state index in [1.165, 1.54) is 0 Å². The normalized spacial score (nSPS) is 10.6. The highest BCUT2D eigenvalue weighted by atomic mass is 79.9. The van der Waals surface area contributed by atoms with Gasteiger partial charge in [0.2, 0.25) is 0 Å². The second-order valence-electron chi connectivity index (χ2n) is 5.28. The van der Waals surface area contributed by atoms with Gasteiger partial charge in [0.1, 0.15) is 5.76 Å². The second kappa shape index (κ2) is 6.93. The monoisotopic (exact) mass is 384 g/mol. The topological polar surface area (TPSA) is 59.5 Å². The zero-order chi connectivity index (χ0) is 17.1. The van der Waals surface area contributed by atoms with Crippen LogP contribution in [0.15, 0.2) is 69.6 Å². The fraction of sp³-hybridized carbons (Fsp3) is 0.105. The van der Waals surface area contributed by atoms with Gasteiger partial charge in [0.05, 0.1) is 0 Å². The molecule has 1 heterocycles. The van der Waals surface area contributed by atoms with Crippen LogP contribution < -0.4 is 10.6 Å².